The molecular weight excluding hydrogens is 534 g/mol. The molecule has 0 N–H and O–H groups in total. The van der Waals surface area contributed by atoms with Crippen molar-refractivity contribution in [2.75, 3.05) is 4.90 Å². The standard InChI is InChI=1S/C42H29NO/c1-4-12-30(13-5-1)32-20-24-35(25-21-32)43(36-26-22-33(23-27-36)31-14-6-2-7-15-31)37-28-39(34-16-8-3-9-17-34)42-40(29-37)38-18-10-11-19-41(38)44-42/h1-29H. The summed E-state index contributed by atoms with van der Waals surface area (Å²) in [5.41, 5.74) is 12.0. The summed E-state index contributed by atoms with van der Waals surface area (Å²) in [6.07, 6.45) is 0. The molecule has 208 valence electrons. The monoisotopic (exact) mass is 563 g/mol. The third-order valence-corrected chi connectivity index (χ3v) is 8.27. The molecule has 0 aliphatic rings. The zero-order valence-corrected chi connectivity index (χ0v) is 24.1. The highest BCUT2D eigenvalue weighted by atomic mass is 16.3. The summed E-state index contributed by atoms with van der Waals surface area (Å²) in [5.74, 6) is 0. The Hall–Kier alpha value is -5.86. The highest BCUT2D eigenvalue weighted by Gasteiger charge is 2.19. The fourth-order valence-corrected chi connectivity index (χ4v) is 6.09. The molecule has 0 fully saturated rings. The van der Waals surface area contributed by atoms with Gasteiger partial charge >= 0.3 is 0 Å². The van der Waals surface area contributed by atoms with Gasteiger partial charge in [0.2, 0.25) is 0 Å². The predicted octanol–water partition coefficient (Wildman–Crippen LogP) is 12.1. The molecule has 0 unspecified atom stereocenters. The summed E-state index contributed by atoms with van der Waals surface area (Å²) in [6.45, 7) is 0. The minimum Gasteiger partial charge on any atom is -0.455 e. The van der Waals surface area contributed by atoms with E-state index < -0.39 is 0 Å². The van der Waals surface area contributed by atoms with E-state index in [2.05, 4.69) is 169 Å². The summed E-state index contributed by atoms with van der Waals surface area (Å²) in [4.78, 5) is 2.34. The van der Waals surface area contributed by atoms with Crippen LogP contribution in [0, 0.1) is 0 Å². The van der Waals surface area contributed by atoms with Crippen LogP contribution in [0.2, 0.25) is 0 Å². The lowest BCUT2D eigenvalue weighted by Crippen LogP contribution is -2.10. The lowest BCUT2D eigenvalue weighted by Gasteiger charge is -2.27. The van der Waals surface area contributed by atoms with Crippen molar-refractivity contribution in [2.24, 2.45) is 0 Å². The van der Waals surface area contributed by atoms with Crippen molar-refractivity contribution in [1.82, 2.24) is 0 Å². The van der Waals surface area contributed by atoms with Crippen LogP contribution in [-0.2, 0) is 0 Å². The predicted molar refractivity (Wildman–Crippen MR) is 185 cm³/mol. The molecule has 0 aliphatic carbocycles. The van der Waals surface area contributed by atoms with Crippen LogP contribution in [0.4, 0.5) is 17.1 Å². The second-order valence-corrected chi connectivity index (χ2v) is 11.0. The second-order valence-electron chi connectivity index (χ2n) is 11.0. The smallest absolute Gasteiger partial charge is 0.143 e. The van der Waals surface area contributed by atoms with Gasteiger partial charge in [0.1, 0.15) is 11.2 Å². The minimum atomic E-state index is 0.891. The number of nitrogens with zero attached hydrogens (tertiary/aromatic N) is 1. The Morgan fingerprint density at radius 1 is 0.341 bits per heavy atom. The molecule has 1 heterocycles. The largest absolute Gasteiger partial charge is 0.455 e. The number of anilines is 3. The topological polar surface area (TPSA) is 16.4 Å². The molecule has 7 aromatic carbocycles. The van der Waals surface area contributed by atoms with Crippen LogP contribution in [0.15, 0.2) is 180 Å². The van der Waals surface area contributed by atoms with Gasteiger partial charge in [-0.05, 0) is 70.3 Å². The van der Waals surface area contributed by atoms with E-state index in [9.17, 15) is 0 Å². The van der Waals surface area contributed by atoms with Crippen molar-refractivity contribution < 1.29 is 4.42 Å². The molecule has 0 spiro atoms. The third kappa shape index (κ3) is 4.73. The molecule has 0 atom stereocenters. The zero-order chi connectivity index (χ0) is 29.3. The molecule has 8 aromatic rings. The Morgan fingerprint density at radius 3 is 1.34 bits per heavy atom. The lowest BCUT2D eigenvalue weighted by atomic mass is 9.99. The van der Waals surface area contributed by atoms with Crippen LogP contribution in [0.3, 0.4) is 0 Å². The summed E-state index contributed by atoms with van der Waals surface area (Å²) in [5, 5.41) is 2.21. The molecule has 0 saturated heterocycles. The molecule has 0 aliphatic heterocycles. The molecule has 1 aromatic heterocycles. The number of fused-ring (bicyclic) bond motifs is 3. The highest BCUT2D eigenvalue weighted by Crippen LogP contribution is 2.43. The molecule has 2 nitrogen and oxygen atoms in total. The van der Waals surface area contributed by atoms with Crippen molar-refractivity contribution in [3.63, 3.8) is 0 Å². The van der Waals surface area contributed by atoms with Crippen LogP contribution in [0.5, 0.6) is 0 Å². The van der Waals surface area contributed by atoms with Gasteiger partial charge in [-0.25, -0.2) is 0 Å². The van der Waals surface area contributed by atoms with E-state index in [0.29, 0.717) is 0 Å². The minimum absolute atomic E-state index is 0.891. The fraction of sp³-hybridized carbons (Fsp3) is 0. The number of rotatable bonds is 6. The third-order valence-electron chi connectivity index (χ3n) is 8.27. The van der Waals surface area contributed by atoms with Crippen LogP contribution < -0.4 is 4.90 Å². The number of furan rings is 1. The number of para-hydroxylation sites is 1. The normalized spacial score (nSPS) is 11.2. The van der Waals surface area contributed by atoms with Crippen LogP contribution in [0.25, 0.3) is 55.3 Å². The number of hydrogen-bond donors (Lipinski definition) is 0. The summed E-state index contributed by atoms with van der Waals surface area (Å²) in [7, 11) is 0. The Morgan fingerprint density at radius 2 is 0.795 bits per heavy atom. The number of hydrogen-bond acceptors (Lipinski definition) is 2. The van der Waals surface area contributed by atoms with Gasteiger partial charge in [0.05, 0.1) is 0 Å². The van der Waals surface area contributed by atoms with Crippen molar-refractivity contribution >= 4 is 39.0 Å². The van der Waals surface area contributed by atoms with Gasteiger partial charge in [-0.15, -0.1) is 0 Å². The average Bonchev–Trinajstić information content (AvgIpc) is 3.49. The Bertz CT molecular complexity index is 2100. The first-order valence-electron chi connectivity index (χ1n) is 14.9. The van der Waals surface area contributed by atoms with Gasteiger partial charge in [-0.3, -0.25) is 0 Å². The summed E-state index contributed by atoms with van der Waals surface area (Å²) < 4.78 is 6.50. The van der Waals surface area contributed by atoms with Gasteiger partial charge in [0, 0.05) is 33.4 Å². The Balaban J connectivity index is 1.33. The van der Waals surface area contributed by atoms with Crippen molar-refractivity contribution in [2.45, 2.75) is 0 Å². The average molecular weight is 564 g/mol. The molecular formula is C42H29NO. The molecule has 0 radical (unpaired) electrons. The van der Waals surface area contributed by atoms with Gasteiger partial charge in [0.15, 0.2) is 0 Å². The van der Waals surface area contributed by atoms with Crippen molar-refractivity contribution in [1.29, 1.82) is 0 Å². The van der Waals surface area contributed by atoms with E-state index in [-0.39, 0.29) is 0 Å². The zero-order valence-electron chi connectivity index (χ0n) is 24.1. The first-order valence-corrected chi connectivity index (χ1v) is 14.9. The molecule has 2 heteroatoms. The summed E-state index contributed by atoms with van der Waals surface area (Å²) in [6, 6.07) is 62.1. The molecule has 8 rings (SSSR count). The molecule has 44 heavy (non-hydrogen) atoms. The van der Waals surface area contributed by atoms with Crippen LogP contribution >= 0.6 is 0 Å². The first kappa shape index (κ1) is 25.8. The summed E-state index contributed by atoms with van der Waals surface area (Å²) >= 11 is 0. The second kappa shape index (κ2) is 11.1. The maximum atomic E-state index is 6.50. The fourth-order valence-electron chi connectivity index (χ4n) is 6.09. The van der Waals surface area contributed by atoms with Crippen LogP contribution in [-0.4, -0.2) is 0 Å². The van der Waals surface area contributed by atoms with Gasteiger partial charge < -0.3 is 9.32 Å². The van der Waals surface area contributed by atoms with Crippen molar-refractivity contribution in [3.8, 4) is 33.4 Å². The quantitative estimate of drug-likeness (QED) is 0.200. The van der Waals surface area contributed by atoms with Crippen LogP contribution in [0.1, 0.15) is 0 Å². The van der Waals surface area contributed by atoms with Gasteiger partial charge in [0.25, 0.3) is 0 Å². The molecule has 0 saturated carbocycles. The van der Waals surface area contributed by atoms with E-state index >= 15 is 0 Å². The molecule has 0 bridgehead atoms. The van der Waals surface area contributed by atoms with E-state index in [1.165, 1.54) is 22.3 Å². The highest BCUT2D eigenvalue weighted by molar-refractivity contribution is 6.11. The van der Waals surface area contributed by atoms with Gasteiger partial charge in [-0.1, -0.05) is 133 Å². The maximum Gasteiger partial charge on any atom is 0.143 e. The number of benzene rings is 7. The van der Waals surface area contributed by atoms with Crippen molar-refractivity contribution in [3.05, 3.63) is 176 Å². The van der Waals surface area contributed by atoms with E-state index in [4.69, 9.17) is 4.42 Å². The molecule has 0 amide bonds. The lowest BCUT2D eigenvalue weighted by molar-refractivity contribution is 0.670. The van der Waals surface area contributed by atoms with E-state index in [0.717, 1.165) is 50.1 Å². The van der Waals surface area contributed by atoms with E-state index in [1.807, 2.05) is 12.1 Å². The van der Waals surface area contributed by atoms with Gasteiger partial charge in [-0.2, -0.15) is 0 Å². The Kier molecular flexibility index (Phi) is 6.51. The first-order chi connectivity index (χ1) is 21.8. The maximum absolute atomic E-state index is 6.50. The Labute approximate surface area is 257 Å². The SMILES string of the molecule is c1ccc(-c2ccc(N(c3ccc(-c4ccccc4)cc3)c3cc(-c4ccccc4)c4oc5ccccc5c4c3)cc2)cc1. The van der Waals surface area contributed by atoms with E-state index in [1.54, 1.807) is 0 Å².